The number of amides is 1. The van der Waals surface area contributed by atoms with Gasteiger partial charge in [0, 0.05) is 0 Å². The first-order valence-corrected chi connectivity index (χ1v) is 7.84. The number of hydrogen-bond acceptors (Lipinski definition) is 5. The molecule has 0 aliphatic carbocycles. The maximum absolute atomic E-state index is 11.3. The number of nitrogens with zero attached hydrogens (tertiary/aromatic N) is 1. The second-order valence-corrected chi connectivity index (χ2v) is 5.76. The zero-order valence-electron chi connectivity index (χ0n) is 13.2. The number of nitrogens with one attached hydrogen (secondary N) is 1. The van der Waals surface area contributed by atoms with E-state index in [2.05, 4.69) is 5.32 Å². The lowest BCUT2D eigenvalue weighted by atomic mass is 9.93. The van der Waals surface area contributed by atoms with E-state index >= 15 is 0 Å². The van der Waals surface area contributed by atoms with E-state index < -0.39 is 0 Å². The van der Waals surface area contributed by atoms with Crippen molar-refractivity contribution < 1.29 is 19.8 Å². The van der Waals surface area contributed by atoms with E-state index in [4.69, 9.17) is 4.84 Å². The van der Waals surface area contributed by atoms with Crippen LogP contribution in [0.2, 0.25) is 0 Å². The summed E-state index contributed by atoms with van der Waals surface area (Å²) in [6.45, 7) is 1.35. The van der Waals surface area contributed by atoms with Crippen LogP contribution in [0.3, 0.4) is 0 Å². The van der Waals surface area contributed by atoms with Crippen LogP contribution in [0.4, 0.5) is 0 Å². The van der Waals surface area contributed by atoms with Gasteiger partial charge in [0.2, 0.25) is 6.41 Å². The third-order valence-corrected chi connectivity index (χ3v) is 4.12. The summed E-state index contributed by atoms with van der Waals surface area (Å²) < 4.78 is 0. The van der Waals surface area contributed by atoms with Crippen molar-refractivity contribution in [1.82, 2.24) is 10.4 Å². The quantitative estimate of drug-likeness (QED) is 0.428. The van der Waals surface area contributed by atoms with Gasteiger partial charge in [-0.3, -0.25) is 9.63 Å². The SMILES string of the molecule is O=CN(CC1NCCc2cc(O)c(O)cc21)OCc1ccccc1. The fourth-order valence-corrected chi connectivity index (χ4v) is 2.87. The zero-order valence-corrected chi connectivity index (χ0v) is 13.2. The van der Waals surface area contributed by atoms with Crippen LogP contribution >= 0.6 is 0 Å². The van der Waals surface area contributed by atoms with Gasteiger partial charge in [-0.25, -0.2) is 5.06 Å². The van der Waals surface area contributed by atoms with Gasteiger partial charge in [0.1, 0.15) is 6.61 Å². The summed E-state index contributed by atoms with van der Waals surface area (Å²) in [5.41, 5.74) is 2.80. The second kappa shape index (κ2) is 7.33. The number of rotatable bonds is 6. The molecule has 6 nitrogen and oxygen atoms in total. The predicted molar refractivity (Wildman–Crippen MR) is 88.2 cm³/mol. The van der Waals surface area contributed by atoms with Crippen molar-refractivity contribution in [2.45, 2.75) is 19.1 Å². The Morgan fingerprint density at radius 2 is 1.96 bits per heavy atom. The molecule has 3 rings (SSSR count). The van der Waals surface area contributed by atoms with Gasteiger partial charge in [0.25, 0.3) is 0 Å². The van der Waals surface area contributed by atoms with Crippen molar-refractivity contribution in [3.05, 3.63) is 59.2 Å². The lowest BCUT2D eigenvalue weighted by Gasteiger charge is -2.30. The van der Waals surface area contributed by atoms with E-state index in [-0.39, 0.29) is 17.5 Å². The van der Waals surface area contributed by atoms with E-state index in [0.717, 1.165) is 29.7 Å². The smallest absolute Gasteiger partial charge is 0.233 e. The molecule has 0 bridgehead atoms. The third-order valence-electron chi connectivity index (χ3n) is 4.12. The number of aromatic hydroxyl groups is 2. The van der Waals surface area contributed by atoms with Crippen LogP contribution in [0, 0.1) is 0 Å². The normalized spacial score (nSPS) is 16.4. The number of phenolic OH excluding ortho intramolecular Hbond substituents is 2. The first-order chi connectivity index (χ1) is 11.7. The summed E-state index contributed by atoms with van der Waals surface area (Å²) in [7, 11) is 0. The Morgan fingerprint density at radius 3 is 2.71 bits per heavy atom. The molecule has 0 aromatic heterocycles. The number of hydroxylamine groups is 2. The van der Waals surface area contributed by atoms with Crippen molar-refractivity contribution >= 4 is 6.41 Å². The number of fused-ring (bicyclic) bond motifs is 1. The third kappa shape index (κ3) is 3.67. The topological polar surface area (TPSA) is 82.0 Å². The Labute approximate surface area is 140 Å². The Morgan fingerprint density at radius 1 is 1.21 bits per heavy atom. The largest absolute Gasteiger partial charge is 0.504 e. The molecular formula is C18H20N2O4. The summed E-state index contributed by atoms with van der Waals surface area (Å²) in [6, 6.07) is 12.6. The van der Waals surface area contributed by atoms with E-state index in [1.54, 1.807) is 12.1 Å². The molecule has 0 saturated heterocycles. The number of hydrogen-bond donors (Lipinski definition) is 3. The summed E-state index contributed by atoms with van der Waals surface area (Å²) in [5.74, 6) is -0.285. The Bertz CT molecular complexity index is 706. The molecule has 0 radical (unpaired) electrons. The monoisotopic (exact) mass is 328 g/mol. The number of phenols is 2. The molecule has 0 fully saturated rings. The Balaban J connectivity index is 1.69. The molecule has 2 aromatic rings. The lowest BCUT2D eigenvalue weighted by molar-refractivity contribution is -0.179. The number of benzene rings is 2. The second-order valence-electron chi connectivity index (χ2n) is 5.76. The van der Waals surface area contributed by atoms with Crippen molar-refractivity contribution in [2.24, 2.45) is 0 Å². The summed E-state index contributed by atoms with van der Waals surface area (Å²) >= 11 is 0. The molecular weight excluding hydrogens is 308 g/mol. The molecule has 0 saturated carbocycles. The van der Waals surface area contributed by atoms with Crippen LogP contribution < -0.4 is 5.32 Å². The van der Waals surface area contributed by atoms with Crippen LogP contribution in [0.15, 0.2) is 42.5 Å². The molecule has 1 amide bonds. The average molecular weight is 328 g/mol. The molecule has 1 unspecified atom stereocenters. The summed E-state index contributed by atoms with van der Waals surface area (Å²) in [4.78, 5) is 16.9. The molecule has 1 atom stereocenters. The number of carbonyl (C=O) groups is 1. The molecule has 0 spiro atoms. The minimum atomic E-state index is -0.166. The standard InChI is InChI=1S/C18H20N2O4/c21-12-20(24-11-13-4-2-1-3-5-13)10-16-15-9-18(23)17(22)8-14(15)6-7-19-16/h1-5,8-9,12,16,19,22-23H,6-7,10-11H2. The van der Waals surface area contributed by atoms with Crippen LogP contribution in [0.25, 0.3) is 0 Å². The first-order valence-electron chi connectivity index (χ1n) is 7.84. The van der Waals surface area contributed by atoms with Crippen LogP contribution in [-0.4, -0.2) is 34.8 Å². The van der Waals surface area contributed by atoms with Gasteiger partial charge in [-0.15, -0.1) is 0 Å². The van der Waals surface area contributed by atoms with Gasteiger partial charge in [0.15, 0.2) is 11.5 Å². The molecule has 126 valence electrons. The molecule has 1 aliphatic rings. The van der Waals surface area contributed by atoms with Crippen molar-refractivity contribution in [1.29, 1.82) is 0 Å². The van der Waals surface area contributed by atoms with Crippen molar-refractivity contribution in [2.75, 3.05) is 13.1 Å². The van der Waals surface area contributed by atoms with Gasteiger partial charge in [-0.2, -0.15) is 0 Å². The zero-order chi connectivity index (χ0) is 16.9. The van der Waals surface area contributed by atoms with Gasteiger partial charge in [0.05, 0.1) is 12.6 Å². The van der Waals surface area contributed by atoms with Gasteiger partial charge in [-0.05, 0) is 41.8 Å². The first kappa shape index (κ1) is 16.3. The number of carbonyl (C=O) groups excluding carboxylic acids is 1. The fourth-order valence-electron chi connectivity index (χ4n) is 2.87. The molecule has 1 heterocycles. The van der Waals surface area contributed by atoms with E-state index in [0.29, 0.717) is 19.6 Å². The van der Waals surface area contributed by atoms with Crippen molar-refractivity contribution in [3.63, 3.8) is 0 Å². The van der Waals surface area contributed by atoms with Gasteiger partial charge < -0.3 is 15.5 Å². The van der Waals surface area contributed by atoms with Crippen molar-refractivity contribution in [3.8, 4) is 11.5 Å². The highest BCUT2D eigenvalue weighted by Gasteiger charge is 2.24. The van der Waals surface area contributed by atoms with Gasteiger partial charge >= 0.3 is 0 Å². The van der Waals surface area contributed by atoms with Crippen LogP contribution in [-0.2, 0) is 22.7 Å². The molecule has 24 heavy (non-hydrogen) atoms. The maximum Gasteiger partial charge on any atom is 0.233 e. The molecule has 2 aromatic carbocycles. The van der Waals surface area contributed by atoms with Gasteiger partial charge in [-0.1, -0.05) is 30.3 Å². The summed E-state index contributed by atoms with van der Waals surface area (Å²) in [5, 5.41) is 23.9. The minimum Gasteiger partial charge on any atom is -0.504 e. The molecule has 1 aliphatic heterocycles. The van der Waals surface area contributed by atoms with Crippen LogP contribution in [0.5, 0.6) is 11.5 Å². The van der Waals surface area contributed by atoms with E-state index in [1.165, 1.54) is 5.06 Å². The minimum absolute atomic E-state index is 0.123. The fraction of sp³-hybridized carbons (Fsp3) is 0.278. The van der Waals surface area contributed by atoms with E-state index in [1.807, 2.05) is 30.3 Å². The maximum atomic E-state index is 11.3. The predicted octanol–water partition coefficient (Wildman–Crippen LogP) is 1.87. The molecule has 3 N–H and O–H groups in total. The Hall–Kier alpha value is -2.57. The molecule has 6 heteroatoms. The van der Waals surface area contributed by atoms with E-state index in [9.17, 15) is 15.0 Å². The van der Waals surface area contributed by atoms with Crippen LogP contribution in [0.1, 0.15) is 22.7 Å². The highest BCUT2D eigenvalue weighted by atomic mass is 16.7. The lowest BCUT2D eigenvalue weighted by Crippen LogP contribution is -2.38. The highest BCUT2D eigenvalue weighted by Crippen LogP contribution is 2.33. The Kier molecular flexibility index (Phi) is 4.98. The summed E-state index contributed by atoms with van der Waals surface area (Å²) in [6.07, 6.45) is 1.41. The highest BCUT2D eigenvalue weighted by molar-refractivity contribution is 5.49. The average Bonchev–Trinajstić information content (AvgIpc) is 2.61.